The Morgan fingerprint density at radius 2 is 1.56 bits per heavy atom. The van der Waals surface area contributed by atoms with Gasteiger partial charge in [-0.2, -0.15) is 5.26 Å². The Morgan fingerprint density at radius 3 is 2.15 bits per heavy atom. The molecular formula is C22H16N2O3. The molecule has 0 saturated carbocycles. The van der Waals surface area contributed by atoms with Gasteiger partial charge in [0.25, 0.3) is 0 Å². The molecule has 0 aliphatic carbocycles. The molecule has 5 nitrogen and oxygen atoms in total. The predicted molar refractivity (Wildman–Crippen MR) is 103 cm³/mol. The van der Waals surface area contributed by atoms with Crippen molar-refractivity contribution in [1.29, 1.82) is 5.26 Å². The summed E-state index contributed by atoms with van der Waals surface area (Å²) in [5.41, 5.74) is 2.67. The Balaban J connectivity index is 1.63. The van der Waals surface area contributed by atoms with Crippen LogP contribution in [0.4, 0.5) is 5.69 Å². The molecule has 0 aliphatic heterocycles. The van der Waals surface area contributed by atoms with Crippen molar-refractivity contribution >= 4 is 17.9 Å². The van der Waals surface area contributed by atoms with Crippen LogP contribution >= 0.6 is 0 Å². The molecule has 0 heterocycles. The van der Waals surface area contributed by atoms with Crippen molar-refractivity contribution in [2.24, 2.45) is 4.99 Å². The minimum atomic E-state index is -0.438. The minimum Gasteiger partial charge on any atom is -0.497 e. The Hall–Kier alpha value is -3.91. The number of benzene rings is 3. The fourth-order valence-electron chi connectivity index (χ4n) is 2.29. The summed E-state index contributed by atoms with van der Waals surface area (Å²) in [6.07, 6.45) is 1.71. The van der Waals surface area contributed by atoms with Crippen molar-refractivity contribution < 1.29 is 14.3 Å². The SMILES string of the molecule is COc1ccc(C(=O)Oc2ccc(N=Cc3ccc(C#N)cc3)cc2)cc1. The van der Waals surface area contributed by atoms with Crippen molar-refractivity contribution in [2.75, 3.05) is 7.11 Å². The summed E-state index contributed by atoms with van der Waals surface area (Å²) in [6, 6.07) is 22.8. The van der Waals surface area contributed by atoms with Crippen LogP contribution in [-0.2, 0) is 0 Å². The average molecular weight is 356 g/mol. The predicted octanol–water partition coefficient (Wildman–Crippen LogP) is 4.54. The lowest BCUT2D eigenvalue weighted by Gasteiger charge is -2.05. The Morgan fingerprint density at radius 1 is 0.926 bits per heavy atom. The van der Waals surface area contributed by atoms with Gasteiger partial charge in [-0.3, -0.25) is 4.99 Å². The monoisotopic (exact) mass is 356 g/mol. The zero-order valence-corrected chi connectivity index (χ0v) is 14.6. The highest BCUT2D eigenvalue weighted by Gasteiger charge is 2.08. The van der Waals surface area contributed by atoms with Gasteiger partial charge >= 0.3 is 5.97 Å². The Bertz CT molecular complexity index is 984. The molecule has 0 amide bonds. The summed E-state index contributed by atoms with van der Waals surface area (Å²) in [5.74, 6) is 0.677. The second-order valence-electron chi connectivity index (χ2n) is 5.60. The lowest BCUT2D eigenvalue weighted by molar-refractivity contribution is 0.0734. The number of carbonyl (C=O) groups is 1. The van der Waals surface area contributed by atoms with Crippen molar-refractivity contribution in [1.82, 2.24) is 0 Å². The molecular weight excluding hydrogens is 340 g/mol. The van der Waals surface area contributed by atoms with E-state index in [1.807, 2.05) is 12.1 Å². The zero-order chi connectivity index (χ0) is 19.1. The standard InChI is InChI=1S/C22H16N2O3/c1-26-20-10-6-18(7-11-20)22(25)27-21-12-8-19(9-13-21)24-15-17-4-2-16(14-23)3-5-17/h2-13,15H,1H3. The Labute approximate surface area is 157 Å². The van der Waals surface area contributed by atoms with Crippen molar-refractivity contribution in [3.8, 4) is 17.6 Å². The van der Waals surface area contributed by atoms with E-state index >= 15 is 0 Å². The van der Waals surface area contributed by atoms with Crippen LogP contribution in [-0.4, -0.2) is 19.3 Å². The molecule has 0 unspecified atom stereocenters. The van der Waals surface area contributed by atoms with Crippen LogP contribution < -0.4 is 9.47 Å². The van der Waals surface area contributed by atoms with E-state index in [0.717, 1.165) is 11.3 Å². The first-order chi connectivity index (χ1) is 13.2. The maximum Gasteiger partial charge on any atom is 0.343 e. The molecule has 0 aliphatic rings. The maximum absolute atomic E-state index is 12.1. The largest absolute Gasteiger partial charge is 0.497 e. The molecule has 3 aromatic rings. The molecule has 0 bridgehead atoms. The van der Waals surface area contributed by atoms with Crippen molar-refractivity contribution in [2.45, 2.75) is 0 Å². The lowest BCUT2D eigenvalue weighted by Crippen LogP contribution is -2.08. The highest BCUT2D eigenvalue weighted by molar-refractivity contribution is 5.91. The molecule has 3 aromatic carbocycles. The van der Waals surface area contributed by atoms with Crippen LogP contribution in [0.5, 0.6) is 11.5 Å². The van der Waals surface area contributed by atoms with E-state index in [1.54, 1.807) is 74.0 Å². The number of hydrogen-bond acceptors (Lipinski definition) is 5. The van der Waals surface area contributed by atoms with Crippen LogP contribution in [0.2, 0.25) is 0 Å². The second-order valence-corrected chi connectivity index (χ2v) is 5.60. The van der Waals surface area contributed by atoms with Crippen molar-refractivity contribution in [3.63, 3.8) is 0 Å². The molecule has 5 heteroatoms. The number of hydrogen-bond donors (Lipinski definition) is 0. The van der Waals surface area contributed by atoms with Gasteiger partial charge in [-0.15, -0.1) is 0 Å². The van der Waals surface area contributed by atoms with Crippen LogP contribution in [0.3, 0.4) is 0 Å². The molecule has 0 atom stereocenters. The first-order valence-corrected chi connectivity index (χ1v) is 8.18. The van der Waals surface area contributed by atoms with E-state index in [0.29, 0.717) is 22.6 Å². The van der Waals surface area contributed by atoms with Gasteiger partial charge in [0.2, 0.25) is 0 Å². The first-order valence-electron chi connectivity index (χ1n) is 8.18. The smallest absolute Gasteiger partial charge is 0.343 e. The van der Waals surface area contributed by atoms with Gasteiger partial charge in [0.05, 0.1) is 30.0 Å². The molecule has 0 radical (unpaired) electrons. The third-order valence-corrected chi connectivity index (χ3v) is 3.78. The van der Waals surface area contributed by atoms with E-state index in [2.05, 4.69) is 11.1 Å². The molecule has 0 spiro atoms. The zero-order valence-electron chi connectivity index (χ0n) is 14.6. The summed E-state index contributed by atoms with van der Waals surface area (Å²) in [7, 11) is 1.57. The molecule has 27 heavy (non-hydrogen) atoms. The number of methoxy groups -OCH3 is 1. The average Bonchev–Trinajstić information content (AvgIpc) is 2.73. The van der Waals surface area contributed by atoms with E-state index in [9.17, 15) is 4.79 Å². The van der Waals surface area contributed by atoms with Gasteiger partial charge in [0, 0.05) is 6.21 Å². The third-order valence-electron chi connectivity index (χ3n) is 3.78. The van der Waals surface area contributed by atoms with Crippen LogP contribution in [0.1, 0.15) is 21.5 Å². The summed E-state index contributed by atoms with van der Waals surface area (Å²) in [4.78, 5) is 16.5. The highest BCUT2D eigenvalue weighted by Crippen LogP contribution is 2.20. The third kappa shape index (κ3) is 4.80. The van der Waals surface area contributed by atoms with E-state index < -0.39 is 5.97 Å². The van der Waals surface area contributed by atoms with E-state index in [4.69, 9.17) is 14.7 Å². The fourth-order valence-corrected chi connectivity index (χ4v) is 2.29. The molecule has 0 saturated heterocycles. The van der Waals surface area contributed by atoms with Crippen molar-refractivity contribution in [3.05, 3.63) is 89.5 Å². The molecule has 0 aromatic heterocycles. The summed E-state index contributed by atoms with van der Waals surface area (Å²) in [6.45, 7) is 0. The highest BCUT2D eigenvalue weighted by atomic mass is 16.5. The quantitative estimate of drug-likeness (QED) is 0.382. The van der Waals surface area contributed by atoms with Crippen LogP contribution in [0, 0.1) is 11.3 Å². The van der Waals surface area contributed by atoms with Crippen LogP contribution in [0.25, 0.3) is 0 Å². The van der Waals surface area contributed by atoms with Crippen LogP contribution in [0.15, 0.2) is 77.8 Å². The molecule has 0 N–H and O–H groups in total. The molecule has 132 valence electrons. The fraction of sp³-hybridized carbons (Fsp3) is 0.0455. The van der Waals surface area contributed by atoms with E-state index in [-0.39, 0.29) is 0 Å². The number of rotatable bonds is 5. The molecule has 0 fully saturated rings. The van der Waals surface area contributed by atoms with Gasteiger partial charge < -0.3 is 9.47 Å². The van der Waals surface area contributed by atoms with Gasteiger partial charge in [-0.25, -0.2) is 4.79 Å². The van der Waals surface area contributed by atoms with Gasteiger partial charge in [0.15, 0.2) is 0 Å². The first kappa shape index (κ1) is 17.9. The van der Waals surface area contributed by atoms with E-state index in [1.165, 1.54) is 0 Å². The number of ether oxygens (including phenoxy) is 2. The minimum absolute atomic E-state index is 0.438. The lowest BCUT2D eigenvalue weighted by atomic mass is 10.2. The Kier molecular flexibility index (Phi) is 5.60. The number of nitrogens with zero attached hydrogens (tertiary/aromatic N) is 2. The summed E-state index contributed by atoms with van der Waals surface area (Å²) in [5, 5.41) is 8.80. The normalized spacial score (nSPS) is 10.4. The van der Waals surface area contributed by atoms with Gasteiger partial charge in [0.1, 0.15) is 11.5 Å². The maximum atomic E-state index is 12.1. The topological polar surface area (TPSA) is 71.7 Å². The number of carbonyl (C=O) groups excluding carboxylic acids is 1. The number of nitriles is 1. The second kappa shape index (κ2) is 8.45. The van der Waals surface area contributed by atoms with Gasteiger partial charge in [-0.05, 0) is 66.2 Å². The number of aliphatic imine (C=N–C) groups is 1. The summed E-state index contributed by atoms with van der Waals surface area (Å²) < 4.78 is 10.4. The van der Waals surface area contributed by atoms with Gasteiger partial charge in [-0.1, -0.05) is 12.1 Å². The molecule has 3 rings (SSSR count). The number of esters is 1. The summed E-state index contributed by atoms with van der Waals surface area (Å²) >= 11 is 0.